The lowest BCUT2D eigenvalue weighted by Gasteiger charge is -2.11. The first kappa shape index (κ1) is 25.3. The molecule has 0 amide bonds. The largest absolute Gasteiger partial charge is 0.455 e. The van der Waals surface area contributed by atoms with Crippen molar-refractivity contribution in [3.8, 4) is 45.3 Å². The predicted molar refractivity (Wildman–Crippen MR) is 182 cm³/mol. The molecule has 0 aliphatic heterocycles. The van der Waals surface area contributed by atoms with Crippen LogP contribution in [-0.4, -0.2) is 19.9 Å². The number of nitrogens with zero attached hydrogens (tertiary/aromatic N) is 4. The number of hydrogen-bond acceptors (Lipinski definition) is 5. The van der Waals surface area contributed by atoms with Gasteiger partial charge in [0.05, 0.1) is 0 Å². The molecule has 45 heavy (non-hydrogen) atoms. The molecule has 5 nitrogen and oxygen atoms in total. The van der Waals surface area contributed by atoms with E-state index in [-0.39, 0.29) is 0 Å². The molecular formula is C40H24N4O. The second kappa shape index (κ2) is 10.2. The lowest BCUT2D eigenvalue weighted by molar-refractivity contribution is 0.672. The Morgan fingerprint density at radius 2 is 1.09 bits per heavy atom. The molecule has 0 unspecified atom stereocenters. The molecule has 6 aromatic carbocycles. The minimum atomic E-state index is 0.611. The van der Waals surface area contributed by atoms with E-state index in [1.165, 1.54) is 11.1 Å². The van der Waals surface area contributed by atoms with Gasteiger partial charge in [-0.3, -0.25) is 4.98 Å². The molecule has 0 fully saturated rings. The number of hydrogen-bond donors (Lipinski definition) is 0. The molecule has 210 valence electrons. The van der Waals surface area contributed by atoms with Crippen molar-refractivity contribution >= 4 is 43.5 Å². The first-order valence-electron chi connectivity index (χ1n) is 14.9. The van der Waals surface area contributed by atoms with E-state index < -0.39 is 0 Å². The van der Waals surface area contributed by atoms with Crippen LogP contribution >= 0.6 is 0 Å². The fourth-order valence-electron chi connectivity index (χ4n) is 6.17. The first-order chi connectivity index (χ1) is 22.3. The number of rotatable bonds is 4. The highest BCUT2D eigenvalue weighted by molar-refractivity contribution is 6.17. The standard InChI is InChI=1S/C40H24N4O/c1-3-8-25(9-4-1)28-16-14-26-15-17-29(23-30(26)22-28)39-42-38(27-10-5-2-6-11-27)43-40(44-39)34-13-7-12-32-31(34)18-19-33-35-24-41-21-20-36(35)45-37(32)33/h1-24H. The van der Waals surface area contributed by atoms with E-state index in [0.717, 1.165) is 60.2 Å². The number of fused-ring (bicyclic) bond motifs is 6. The monoisotopic (exact) mass is 576 g/mol. The molecule has 0 spiro atoms. The van der Waals surface area contributed by atoms with Crippen molar-refractivity contribution in [3.05, 3.63) is 146 Å². The second-order valence-electron chi connectivity index (χ2n) is 11.1. The minimum absolute atomic E-state index is 0.611. The quantitative estimate of drug-likeness (QED) is 0.209. The molecule has 0 N–H and O–H groups in total. The summed E-state index contributed by atoms with van der Waals surface area (Å²) in [5.41, 5.74) is 6.79. The molecule has 3 heterocycles. The van der Waals surface area contributed by atoms with Gasteiger partial charge in [-0.05, 0) is 51.6 Å². The summed E-state index contributed by atoms with van der Waals surface area (Å²) in [6.07, 6.45) is 3.61. The van der Waals surface area contributed by atoms with Crippen LogP contribution in [0.5, 0.6) is 0 Å². The Hall–Kier alpha value is -6.20. The Kier molecular flexibility index (Phi) is 5.74. The molecule has 0 atom stereocenters. The maximum Gasteiger partial charge on any atom is 0.164 e. The number of furan rings is 1. The van der Waals surface area contributed by atoms with Crippen molar-refractivity contribution in [2.24, 2.45) is 0 Å². The first-order valence-corrected chi connectivity index (χ1v) is 14.9. The van der Waals surface area contributed by atoms with Crippen LogP contribution in [-0.2, 0) is 0 Å². The fourth-order valence-corrected chi connectivity index (χ4v) is 6.17. The molecule has 5 heteroatoms. The Morgan fingerprint density at radius 1 is 0.422 bits per heavy atom. The smallest absolute Gasteiger partial charge is 0.164 e. The summed E-state index contributed by atoms with van der Waals surface area (Å²) in [6.45, 7) is 0. The fraction of sp³-hybridized carbons (Fsp3) is 0. The van der Waals surface area contributed by atoms with Gasteiger partial charge in [0.15, 0.2) is 17.5 Å². The van der Waals surface area contributed by atoms with E-state index in [0.29, 0.717) is 17.5 Å². The van der Waals surface area contributed by atoms with Crippen molar-refractivity contribution in [1.29, 1.82) is 0 Å². The molecule has 0 aliphatic rings. The summed E-state index contributed by atoms with van der Waals surface area (Å²) >= 11 is 0. The van der Waals surface area contributed by atoms with Crippen LogP contribution in [0.25, 0.3) is 88.8 Å². The van der Waals surface area contributed by atoms with E-state index in [9.17, 15) is 0 Å². The Bertz CT molecular complexity index is 2540. The lowest BCUT2D eigenvalue weighted by Crippen LogP contribution is -2.00. The zero-order valence-corrected chi connectivity index (χ0v) is 24.1. The molecular weight excluding hydrogens is 552 g/mol. The maximum absolute atomic E-state index is 6.33. The van der Waals surface area contributed by atoms with Gasteiger partial charge in [-0.2, -0.15) is 0 Å². The van der Waals surface area contributed by atoms with Gasteiger partial charge >= 0.3 is 0 Å². The summed E-state index contributed by atoms with van der Waals surface area (Å²) in [7, 11) is 0. The van der Waals surface area contributed by atoms with E-state index in [1.807, 2.05) is 54.7 Å². The Balaban J connectivity index is 1.25. The number of aromatic nitrogens is 4. The summed E-state index contributed by atoms with van der Waals surface area (Å²) in [5.74, 6) is 1.86. The van der Waals surface area contributed by atoms with Crippen molar-refractivity contribution in [1.82, 2.24) is 19.9 Å². The Labute approximate surface area is 258 Å². The molecule has 3 aromatic heterocycles. The van der Waals surface area contributed by atoms with E-state index in [1.54, 1.807) is 6.20 Å². The van der Waals surface area contributed by atoms with Crippen molar-refractivity contribution in [3.63, 3.8) is 0 Å². The van der Waals surface area contributed by atoms with Gasteiger partial charge < -0.3 is 4.42 Å². The average Bonchev–Trinajstić information content (AvgIpc) is 3.51. The summed E-state index contributed by atoms with van der Waals surface area (Å²) < 4.78 is 6.33. The molecule has 0 aliphatic carbocycles. The van der Waals surface area contributed by atoms with Crippen molar-refractivity contribution in [2.45, 2.75) is 0 Å². The Morgan fingerprint density at radius 3 is 1.91 bits per heavy atom. The molecule has 9 aromatic rings. The highest BCUT2D eigenvalue weighted by atomic mass is 16.3. The van der Waals surface area contributed by atoms with Crippen LogP contribution in [0.4, 0.5) is 0 Å². The van der Waals surface area contributed by atoms with Crippen LogP contribution in [0.3, 0.4) is 0 Å². The number of benzene rings is 6. The molecule has 0 bridgehead atoms. The summed E-state index contributed by atoms with van der Waals surface area (Å²) in [6, 6.07) is 45.8. The third kappa shape index (κ3) is 4.33. The van der Waals surface area contributed by atoms with Gasteiger partial charge in [-0.25, -0.2) is 15.0 Å². The maximum atomic E-state index is 6.33. The SMILES string of the molecule is c1ccc(-c2ccc3ccc(-c4nc(-c5ccccc5)nc(-c5cccc6c5ccc5c7cnccc7oc65)n4)cc3c2)cc1. The van der Waals surface area contributed by atoms with Gasteiger partial charge in [0.2, 0.25) is 0 Å². The zero-order valence-electron chi connectivity index (χ0n) is 24.1. The zero-order chi connectivity index (χ0) is 29.7. The van der Waals surface area contributed by atoms with E-state index in [2.05, 4.69) is 89.9 Å². The van der Waals surface area contributed by atoms with Crippen molar-refractivity contribution < 1.29 is 4.42 Å². The molecule has 0 saturated carbocycles. The molecule has 0 saturated heterocycles. The summed E-state index contributed by atoms with van der Waals surface area (Å²) in [5, 5.41) is 6.34. The highest BCUT2D eigenvalue weighted by Gasteiger charge is 2.17. The van der Waals surface area contributed by atoms with Crippen LogP contribution in [0.1, 0.15) is 0 Å². The van der Waals surface area contributed by atoms with Crippen molar-refractivity contribution in [2.75, 3.05) is 0 Å². The van der Waals surface area contributed by atoms with Crippen LogP contribution in [0.15, 0.2) is 150 Å². The normalized spacial score (nSPS) is 11.6. The molecule has 9 rings (SSSR count). The molecule has 0 radical (unpaired) electrons. The van der Waals surface area contributed by atoms with E-state index >= 15 is 0 Å². The van der Waals surface area contributed by atoms with Crippen LogP contribution in [0.2, 0.25) is 0 Å². The van der Waals surface area contributed by atoms with Gasteiger partial charge in [0, 0.05) is 45.2 Å². The number of pyridine rings is 1. The van der Waals surface area contributed by atoms with Gasteiger partial charge in [0.25, 0.3) is 0 Å². The summed E-state index contributed by atoms with van der Waals surface area (Å²) in [4.78, 5) is 19.4. The predicted octanol–water partition coefficient (Wildman–Crippen LogP) is 10.1. The van der Waals surface area contributed by atoms with Gasteiger partial charge in [-0.1, -0.05) is 109 Å². The topological polar surface area (TPSA) is 64.7 Å². The highest BCUT2D eigenvalue weighted by Crippen LogP contribution is 2.37. The third-order valence-electron chi connectivity index (χ3n) is 8.41. The second-order valence-corrected chi connectivity index (χ2v) is 11.1. The van der Waals surface area contributed by atoms with Crippen LogP contribution in [0, 0.1) is 0 Å². The van der Waals surface area contributed by atoms with Gasteiger partial charge in [-0.15, -0.1) is 0 Å². The average molecular weight is 577 g/mol. The van der Waals surface area contributed by atoms with Crippen LogP contribution < -0.4 is 0 Å². The minimum Gasteiger partial charge on any atom is -0.455 e. The third-order valence-corrected chi connectivity index (χ3v) is 8.41. The van der Waals surface area contributed by atoms with E-state index in [4.69, 9.17) is 19.4 Å². The lowest BCUT2D eigenvalue weighted by atomic mass is 9.99. The van der Waals surface area contributed by atoms with Gasteiger partial charge in [0.1, 0.15) is 11.2 Å².